The van der Waals surface area contributed by atoms with Crippen molar-refractivity contribution in [2.24, 2.45) is 28.9 Å². The van der Waals surface area contributed by atoms with E-state index in [9.17, 15) is 14.4 Å². The van der Waals surface area contributed by atoms with Crippen molar-refractivity contribution in [2.75, 3.05) is 31.2 Å². The smallest absolute Gasteiger partial charge is 0.256 e. The highest BCUT2D eigenvalue weighted by Gasteiger charge is 2.58. The summed E-state index contributed by atoms with van der Waals surface area (Å²) >= 11 is 0. The number of hydrogen-bond acceptors (Lipinski definition) is 6. The van der Waals surface area contributed by atoms with Crippen molar-refractivity contribution in [1.82, 2.24) is 20.4 Å². The van der Waals surface area contributed by atoms with E-state index in [4.69, 9.17) is 10.5 Å². The number of carbonyl (C=O) groups excluding carboxylic acids is 3. The number of nitrogens with two attached hydrogens (primary N) is 1. The minimum atomic E-state index is -0.569. The highest BCUT2D eigenvalue weighted by molar-refractivity contribution is 5.99. The summed E-state index contributed by atoms with van der Waals surface area (Å²) in [6, 6.07) is 0.0520. The molecule has 0 aromatic carbocycles. The fourth-order valence-electron chi connectivity index (χ4n) is 7.25. The second-order valence-corrected chi connectivity index (χ2v) is 12.0. The summed E-state index contributed by atoms with van der Waals surface area (Å²) in [7, 11) is 0. The van der Waals surface area contributed by atoms with Gasteiger partial charge in [0.15, 0.2) is 0 Å². The zero-order chi connectivity index (χ0) is 26.4. The van der Waals surface area contributed by atoms with Crippen LogP contribution in [0.5, 0.6) is 0 Å². The molecule has 2 atom stereocenters. The molecule has 1 aromatic heterocycles. The maximum absolute atomic E-state index is 13.7. The van der Waals surface area contributed by atoms with E-state index in [-0.39, 0.29) is 41.0 Å². The molecule has 2 unspecified atom stereocenters. The largest absolute Gasteiger partial charge is 0.378 e. The van der Waals surface area contributed by atoms with Crippen LogP contribution in [0.1, 0.15) is 69.7 Å². The topological polar surface area (TPSA) is 132 Å². The molecule has 4 N–H and O–H groups in total. The Hall–Kier alpha value is -2.88. The lowest BCUT2D eigenvalue weighted by Crippen LogP contribution is -2.62. The summed E-state index contributed by atoms with van der Waals surface area (Å²) in [5.41, 5.74) is 5.42. The van der Waals surface area contributed by atoms with Crippen LogP contribution in [0.3, 0.4) is 0 Å². The summed E-state index contributed by atoms with van der Waals surface area (Å²) in [5.74, 6) is 1.50. The number of rotatable bonds is 8. The molecule has 4 aliphatic carbocycles. The van der Waals surface area contributed by atoms with Crippen LogP contribution in [0.25, 0.3) is 6.20 Å². The Kier molecular flexibility index (Phi) is 6.81. The number of nitrogens with one attached hydrogen (secondary N) is 2. The fraction of sp³-hybridized carbons (Fsp3) is 0.704. The van der Waals surface area contributed by atoms with E-state index in [0.29, 0.717) is 44.2 Å². The first-order chi connectivity index (χ1) is 17.6. The lowest BCUT2D eigenvalue weighted by atomic mass is 9.47. The number of nitrogens with zero attached hydrogens (tertiary/aromatic N) is 3. The van der Waals surface area contributed by atoms with Crippen molar-refractivity contribution in [1.29, 1.82) is 0 Å². The molecular weight excluding hydrogens is 472 g/mol. The number of aromatic nitrogens is 2. The molecule has 5 fully saturated rings. The molecule has 0 spiro atoms. The Morgan fingerprint density at radius 1 is 1.19 bits per heavy atom. The van der Waals surface area contributed by atoms with Crippen LogP contribution < -0.4 is 21.3 Å². The molecule has 6 rings (SSSR count). The van der Waals surface area contributed by atoms with Gasteiger partial charge in [-0.05, 0) is 69.8 Å². The van der Waals surface area contributed by atoms with E-state index in [0.717, 1.165) is 37.9 Å². The van der Waals surface area contributed by atoms with E-state index in [1.807, 2.05) is 33.0 Å². The van der Waals surface area contributed by atoms with Crippen molar-refractivity contribution in [3.8, 4) is 0 Å². The van der Waals surface area contributed by atoms with E-state index in [1.54, 1.807) is 10.9 Å². The SMILES string of the molecule is CCC(=O)NC(C)(C)/C=C/n1ncc(C(=O)NC2C3CC4CC2CC(C(N)=O)(C4)C3)c1N1CCOCC1. The molecule has 202 valence electrons. The number of carbonyl (C=O) groups is 3. The van der Waals surface area contributed by atoms with E-state index in [1.165, 1.54) is 0 Å². The van der Waals surface area contributed by atoms with Gasteiger partial charge in [0.1, 0.15) is 11.4 Å². The second kappa shape index (κ2) is 9.78. The number of morpholine rings is 1. The van der Waals surface area contributed by atoms with Crippen LogP contribution in [0.15, 0.2) is 12.3 Å². The van der Waals surface area contributed by atoms with Crippen LogP contribution in [-0.2, 0) is 14.3 Å². The molecule has 1 aromatic rings. The molecule has 3 amide bonds. The maximum atomic E-state index is 13.7. The van der Waals surface area contributed by atoms with Gasteiger partial charge in [0, 0.05) is 37.2 Å². The van der Waals surface area contributed by atoms with Crippen LogP contribution in [0, 0.1) is 23.2 Å². The maximum Gasteiger partial charge on any atom is 0.256 e. The van der Waals surface area contributed by atoms with E-state index in [2.05, 4.69) is 20.6 Å². The van der Waals surface area contributed by atoms with Gasteiger partial charge in [-0.2, -0.15) is 5.10 Å². The summed E-state index contributed by atoms with van der Waals surface area (Å²) < 4.78 is 7.27. The van der Waals surface area contributed by atoms with Crippen LogP contribution in [0.4, 0.5) is 5.82 Å². The van der Waals surface area contributed by atoms with E-state index >= 15 is 0 Å². The average Bonchev–Trinajstić information content (AvgIpc) is 3.29. The van der Waals surface area contributed by atoms with Crippen molar-refractivity contribution < 1.29 is 19.1 Å². The first-order valence-electron chi connectivity index (χ1n) is 13.6. The Morgan fingerprint density at radius 2 is 1.86 bits per heavy atom. The monoisotopic (exact) mass is 512 g/mol. The lowest BCUT2D eigenvalue weighted by Gasteiger charge is -2.58. The average molecular weight is 513 g/mol. The Balaban J connectivity index is 1.38. The van der Waals surface area contributed by atoms with Gasteiger partial charge < -0.3 is 26.0 Å². The zero-order valence-electron chi connectivity index (χ0n) is 22.2. The standard InChI is InChI=1S/C27H40N6O4/c1-4-21(34)31-26(2,3)5-6-33-24(32-7-9-37-10-8-32)20(16-29-33)23(35)30-22-18-11-17-12-19(22)15-27(13-17,14-18)25(28)36/h5-6,16-19,22H,4,7-15H2,1-3H3,(H2,28,36)(H,30,35)(H,31,34)/b6-5+. The number of anilines is 1. The van der Waals surface area contributed by atoms with Gasteiger partial charge >= 0.3 is 0 Å². The fourth-order valence-corrected chi connectivity index (χ4v) is 7.25. The van der Waals surface area contributed by atoms with Crippen LogP contribution in [0.2, 0.25) is 0 Å². The molecule has 2 heterocycles. The molecule has 4 bridgehead atoms. The molecule has 1 aliphatic heterocycles. The third kappa shape index (κ3) is 5.00. The van der Waals surface area contributed by atoms with Crippen molar-refractivity contribution in [3.63, 3.8) is 0 Å². The second-order valence-electron chi connectivity index (χ2n) is 12.0. The van der Waals surface area contributed by atoms with Crippen molar-refractivity contribution in [3.05, 3.63) is 17.8 Å². The third-order valence-electron chi connectivity index (χ3n) is 8.83. The number of hydrogen-bond donors (Lipinski definition) is 3. The van der Waals surface area contributed by atoms with Gasteiger partial charge in [0.05, 0.1) is 24.9 Å². The quantitative estimate of drug-likeness (QED) is 0.488. The minimum absolute atomic E-state index is 0.0302. The third-order valence-corrected chi connectivity index (χ3v) is 8.83. The van der Waals surface area contributed by atoms with Gasteiger partial charge in [0.2, 0.25) is 11.8 Å². The first-order valence-corrected chi connectivity index (χ1v) is 13.6. The van der Waals surface area contributed by atoms with Gasteiger partial charge in [-0.3, -0.25) is 14.4 Å². The summed E-state index contributed by atoms with van der Waals surface area (Å²) in [4.78, 5) is 40.1. The van der Waals surface area contributed by atoms with Gasteiger partial charge in [-0.1, -0.05) is 6.92 Å². The number of primary amides is 1. The minimum Gasteiger partial charge on any atom is -0.378 e. The number of ether oxygens (including phenoxy) is 1. The Labute approximate surface area is 218 Å². The molecule has 0 radical (unpaired) electrons. The normalized spacial score (nSPS) is 31.1. The van der Waals surface area contributed by atoms with Crippen molar-refractivity contribution in [2.45, 2.75) is 70.9 Å². The lowest BCUT2D eigenvalue weighted by molar-refractivity contribution is -0.145. The Bertz CT molecular complexity index is 1070. The van der Waals surface area contributed by atoms with Gasteiger partial charge in [-0.15, -0.1) is 0 Å². The Morgan fingerprint density at radius 3 is 2.49 bits per heavy atom. The highest BCUT2D eigenvalue weighted by Crippen LogP contribution is 2.60. The van der Waals surface area contributed by atoms with Gasteiger partial charge in [0.25, 0.3) is 5.91 Å². The van der Waals surface area contributed by atoms with E-state index < -0.39 is 5.54 Å². The molecule has 37 heavy (non-hydrogen) atoms. The van der Waals surface area contributed by atoms with Crippen LogP contribution >= 0.6 is 0 Å². The predicted octanol–water partition coefficient (Wildman–Crippen LogP) is 1.91. The summed E-state index contributed by atoms with van der Waals surface area (Å²) in [5, 5.41) is 10.9. The summed E-state index contributed by atoms with van der Waals surface area (Å²) in [6.07, 6.45) is 10.3. The molecular formula is C27H40N6O4. The molecule has 10 nitrogen and oxygen atoms in total. The molecule has 10 heteroatoms. The molecule has 4 saturated carbocycles. The van der Waals surface area contributed by atoms with Crippen molar-refractivity contribution >= 4 is 29.7 Å². The van der Waals surface area contributed by atoms with Gasteiger partial charge in [-0.25, -0.2) is 4.68 Å². The first kappa shape index (κ1) is 25.8. The van der Waals surface area contributed by atoms with Crippen LogP contribution in [-0.4, -0.2) is 65.4 Å². The summed E-state index contributed by atoms with van der Waals surface area (Å²) in [6.45, 7) is 8.15. The molecule has 1 saturated heterocycles. The predicted molar refractivity (Wildman–Crippen MR) is 140 cm³/mol. The highest BCUT2D eigenvalue weighted by atomic mass is 16.5. The molecule has 5 aliphatic rings. The number of amides is 3. The zero-order valence-corrected chi connectivity index (χ0v) is 22.2.